The molecule has 3 N–H and O–H groups in total. The molecule has 0 aliphatic carbocycles. The molecular formula is C18H18N2O4S. The summed E-state index contributed by atoms with van der Waals surface area (Å²) in [5, 5.41) is 2.26. The zero-order valence-corrected chi connectivity index (χ0v) is 14.6. The van der Waals surface area contributed by atoms with E-state index in [1.54, 1.807) is 48.5 Å². The summed E-state index contributed by atoms with van der Waals surface area (Å²) < 4.78 is 5.20. The van der Waals surface area contributed by atoms with Crippen LogP contribution in [0.3, 0.4) is 0 Å². The van der Waals surface area contributed by atoms with Crippen molar-refractivity contribution in [3.05, 3.63) is 59.7 Å². The van der Waals surface area contributed by atoms with Crippen molar-refractivity contribution in [2.24, 2.45) is 5.73 Å². The third-order valence-corrected chi connectivity index (χ3v) is 4.42. The normalized spacial score (nSPS) is 11.4. The van der Waals surface area contributed by atoms with Gasteiger partial charge in [-0.3, -0.25) is 14.4 Å². The number of primary amides is 1. The molecule has 0 saturated carbocycles. The minimum absolute atomic E-state index is 0.249. The van der Waals surface area contributed by atoms with Crippen molar-refractivity contribution in [3.63, 3.8) is 0 Å². The molecule has 25 heavy (non-hydrogen) atoms. The molecule has 0 radical (unpaired) electrons. The van der Waals surface area contributed by atoms with Crippen LogP contribution < -0.4 is 15.8 Å². The summed E-state index contributed by atoms with van der Waals surface area (Å²) in [5.41, 5.74) is 5.87. The Bertz CT molecular complexity index is 807. The van der Waals surface area contributed by atoms with Gasteiger partial charge in [0.05, 0.1) is 18.2 Å². The Hall–Kier alpha value is -2.80. The number of nitrogens with one attached hydrogen (secondary N) is 1. The molecule has 0 bridgehead atoms. The monoisotopic (exact) mass is 358 g/mol. The highest BCUT2D eigenvalue weighted by Gasteiger charge is 2.20. The van der Waals surface area contributed by atoms with E-state index in [-0.39, 0.29) is 5.12 Å². The standard InChI is InChI=1S/C18H18N2O4S/c1-11(16(19)21)20-17(22)13-8-4-6-10-15(13)25-18(23)12-7-3-5-9-14(12)24-2/h3-11H,1-2H3,(H2,19,21)(H,20,22)/t11-/m1/s1. The number of ether oxygens (including phenoxy) is 1. The van der Waals surface area contributed by atoms with Gasteiger partial charge in [0.1, 0.15) is 11.8 Å². The molecule has 6 nitrogen and oxygen atoms in total. The van der Waals surface area contributed by atoms with Gasteiger partial charge in [0.15, 0.2) is 0 Å². The molecule has 7 heteroatoms. The first kappa shape index (κ1) is 18.5. The fourth-order valence-electron chi connectivity index (χ4n) is 2.06. The largest absolute Gasteiger partial charge is 0.496 e. The van der Waals surface area contributed by atoms with Crippen molar-refractivity contribution in [1.82, 2.24) is 5.32 Å². The molecule has 2 rings (SSSR count). The van der Waals surface area contributed by atoms with E-state index in [1.807, 2.05) is 0 Å². The van der Waals surface area contributed by atoms with E-state index >= 15 is 0 Å². The fourth-order valence-corrected chi connectivity index (χ4v) is 2.95. The summed E-state index contributed by atoms with van der Waals surface area (Å²) in [6.07, 6.45) is 0. The number of hydrogen-bond acceptors (Lipinski definition) is 5. The van der Waals surface area contributed by atoms with Gasteiger partial charge in [0.2, 0.25) is 11.0 Å². The molecule has 2 aromatic rings. The third kappa shape index (κ3) is 4.60. The third-order valence-electron chi connectivity index (χ3n) is 3.44. The van der Waals surface area contributed by atoms with Crippen LogP contribution in [0.5, 0.6) is 5.75 Å². The van der Waals surface area contributed by atoms with Crippen LogP contribution in [0.2, 0.25) is 0 Å². The Morgan fingerprint density at radius 3 is 2.28 bits per heavy atom. The lowest BCUT2D eigenvalue weighted by Gasteiger charge is -2.13. The summed E-state index contributed by atoms with van der Waals surface area (Å²) in [6, 6.07) is 12.7. The number of amides is 2. The molecule has 0 heterocycles. The smallest absolute Gasteiger partial charge is 0.253 e. The maximum Gasteiger partial charge on any atom is 0.253 e. The van der Waals surface area contributed by atoms with Crippen molar-refractivity contribution < 1.29 is 19.1 Å². The maximum atomic E-state index is 12.6. The molecule has 0 saturated heterocycles. The zero-order valence-electron chi connectivity index (χ0n) is 13.8. The minimum atomic E-state index is -0.810. The molecule has 0 aromatic heterocycles. The summed E-state index contributed by atoms with van der Waals surface area (Å²) >= 11 is 0.921. The number of benzene rings is 2. The van der Waals surface area contributed by atoms with Crippen LogP contribution in [0, 0.1) is 0 Å². The Kier molecular flexibility index (Phi) is 6.19. The number of nitrogens with two attached hydrogens (primary N) is 1. The molecule has 1 atom stereocenters. The van der Waals surface area contributed by atoms with E-state index in [4.69, 9.17) is 10.5 Å². The van der Waals surface area contributed by atoms with Gasteiger partial charge in [-0.2, -0.15) is 0 Å². The van der Waals surface area contributed by atoms with Crippen molar-refractivity contribution in [2.45, 2.75) is 17.9 Å². The first-order chi connectivity index (χ1) is 11.9. The average Bonchev–Trinajstić information content (AvgIpc) is 2.61. The first-order valence-corrected chi connectivity index (χ1v) is 8.30. The highest BCUT2D eigenvalue weighted by Crippen LogP contribution is 2.30. The van der Waals surface area contributed by atoms with Crippen LogP contribution in [0.1, 0.15) is 27.6 Å². The first-order valence-electron chi connectivity index (χ1n) is 7.48. The lowest BCUT2D eigenvalue weighted by molar-refractivity contribution is -0.119. The quantitative estimate of drug-likeness (QED) is 0.772. The highest BCUT2D eigenvalue weighted by atomic mass is 32.2. The molecule has 2 aromatic carbocycles. The number of thioether (sulfide) groups is 1. The summed E-state index contributed by atoms with van der Waals surface area (Å²) in [5.74, 6) is -0.643. The summed E-state index contributed by atoms with van der Waals surface area (Å²) in [4.78, 5) is 36.5. The molecule has 0 unspecified atom stereocenters. The van der Waals surface area contributed by atoms with E-state index < -0.39 is 17.9 Å². The Morgan fingerprint density at radius 2 is 1.64 bits per heavy atom. The number of methoxy groups -OCH3 is 1. The number of carbonyl (C=O) groups excluding carboxylic acids is 3. The van der Waals surface area contributed by atoms with Crippen LogP contribution >= 0.6 is 11.8 Å². The Morgan fingerprint density at radius 1 is 1.04 bits per heavy atom. The van der Waals surface area contributed by atoms with Crippen molar-refractivity contribution >= 4 is 28.7 Å². The van der Waals surface area contributed by atoms with Gasteiger partial charge in [-0.15, -0.1) is 0 Å². The van der Waals surface area contributed by atoms with Crippen molar-refractivity contribution in [2.75, 3.05) is 7.11 Å². The SMILES string of the molecule is COc1ccccc1C(=O)Sc1ccccc1C(=O)N[C@H](C)C(N)=O. The molecule has 0 spiro atoms. The second kappa shape index (κ2) is 8.34. The number of carbonyl (C=O) groups is 3. The van der Waals surface area contributed by atoms with Crippen molar-refractivity contribution in [1.29, 1.82) is 0 Å². The molecule has 0 aliphatic heterocycles. The molecule has 130 valence electrons. The van der Waals surface area contributed by atoms with Crippen LogP contribution in [0.25, 0.3) is 0 Å². The van der Waals surface area contributed by atoms with Gasteiger partial charge in [0.25, 0.3) is 5.91 Å². The van der Waals surface area contributed by atoms with Gasteiger partial charge in [-0.1, -0.05) is 24.3 Å². The lowest BCUT2D eigenvalue weighted by Crippen LogP contribution is -2.42. The molecule has 0 fully saturated rings. The van der Waals surface area contributed by atoms with Gasteiger partial charge < -0.3 is 15.8 Å². The van der Waals surface area contributed by atoms with Gasteiger partial charge >= 0.3 is 0 Å². The number of rotatable bonds is 6. The topological polar surface area (TPSA) is 98.5 Å². The lowest BCUT2D eigenvalue weighted by atomic mass is 10.2. The zero-order chi connectivity index (χ0) is 18.4. The maximum absolute atomic E-state index is 12.6. The second-order valence-corrected chi connectivity index (χ2v) is 6.20. The van der Waals surface area contributed by atoms with E-state index in [1.165, 1.54) is 14.0 Å². The minimum Gasteiger partial charge on any atom is -0.496 e. The highest BCUT2D eigenvalue weighted by molar-refractivity contribution is 8.14. The fraction of sp³-hybridized carbons (Fsp3) is 0.167. The number of hydrogen-bond donors (Lipinski definition) is 2. The summed E-state index contributed by atoms with van der Waals surface area (Å²) in [6.45, 7) is 1.50. The number of para-hydroxylation sites is 1. The molecule has 0 aliphatic rings. The average molecular weight is 358 g/mol. The predicted molar refractivity (Wildman–Crippen MR) is 95.7 cm³/mol. The van der Waals surface area contributed by atoms with Crippen LogP contribution in [-0.2, 0) is 4.79 Å². The van der Waals surface area contributed by atoms with Crippen LogP contribution in [0.15, 0.2) is 53.4 Å². The van der Waals surface area contributed by atoms with Gasteiger partial charge in [-0.05, 0) is 43.0 Å². The Balaban J connectivity index is 2.24. The van der Waals surface area contributed by atoms with E-state index in [2.05, 4.69) is 5.32 Å². The Labute approximate surface area is 149 Å². The molecular weight excluding hydrogens is 340 g/mol. The van der Waals surface area contributed by atoms with Crippen LogP contribution in [-0.4, -0.2) is 30.1 Å². The van der Waals surface area contributed by atoms with Crippen LogP contribution in [0.4, 0.5) is 0 Å². The van der Waals surface area contributed by atoms with E-state index in [9.17, 15) is 14.4 Å². The second-order valence-electron chi connectivity index (χ2n) is 5.18. The van der Waals surface area contributed by atoms with E-state index in [0.717, 1.165) is 11.8 Å². The molecule has 2 amide bonds. The van der Waals surface area contributed by atoms with Gasteiger partial charge in [0, 0.05) is 4.90 Å². The van der Waals surface area contributed by atoms with E-state index in [0.29, 0.717) is 21.8 Å². The van der Waals surface area contributed by atoms with Gasteiger partial charge in [-0.25, -0.2) is 0 Å². The summed E-state index contributed by atoms with van der Waals surface area (Å²) in [7, 11) is 1.49. The predicted octanol–water partition coefficient (Wildman–Crippen LogP) is 2.23. The van der Waals surface area contributed by atoms with Crippen molar-refractivity contribution in [3.8, 4) is 5.75 Å².